The number of rotatable bonds is 5. The number of hydrogen-bond donors (Lipinski definition) is 2. The minimum atomic E-state index is -0.559. The topological polar surface area (TPSA) is 78.9 Å². The molecule has 2 N–H and O–H groups in total. The van der Waals surface area contributed by atoms with E-state index in [0.29, 0.717) is 11.3 Å². The van der Waals surface area contributed by atoms with Gasteiger partial charge in [-0.25, -0.2) is 9.18 Å². The van der Waals surface area contributed by atoms with E-state index in [2.05, 4.69) is 5.32 Å². The Balaban J connectivity index is 1.73. The van der Waals surface area contributed by atoms with E-state index >= 15 is 0 Å². The van der Waals surface area contributed by atoms with Gasteiger partial charge in [0.25, 0.3) is 0 Å². The highest BCUT2D eigenvalue weighted by molar-refractivity contribution is 5.89. The minimum absolute atomic E-state index is 0.0756. The van der Waals surface area contributed by atoms with Gasteiger partial charge in [-0.15, -0.1) is 0 Å². The minimum Gasteiger partial charge on any atom is -0.442 e. The molecule has 1 aliphatic carbocycles. The van der Waals surface area contributed by atoms with Crippen LogP contribution in [0.5, 0.6) is 0 Å². The van der Waals surface area contributed by atoms with Crippen LogP contribution in [-0.4, -0.2) is 42.9 Å². The van der Waals surface area contributed by atoms with E-state index in [9.17, 15) is 19.1 Å². The van der Waals surface area contributed by atoms with Crippen molar-refractivity contribution >= 4 is 17.7 Å². The van der Waals surface area contributed by atoms with Crippen LogP contribution < -0.4 is 10.2 Å². The molecule has 23 heavy (non-hydrogen) atoms. The van der Waals surface area contributed by atoms with Crippen LogP contribution in [0.2, 0.25) is 0 Å². The molecule has 1 aromatic carbocycles. The fourth-order valence-corrected chi connectivity index (χ4v) is 2.86. The summed E-state index contributed by atoms with van der Waals surface area (Å²) in [5.74, 6) is -0.624. The number of amides is 2. The van der Waals surface area contributed by atoms with Gasteiger partial charge in [-0.3, -0.25) is 9.69 Å². The summed E-state index contributed by atoms with van der Waals surface area (Å²) in [6.45, 7) is 1.79. The van der Waals surface area contributed by atoms with Gasteiger partial charge in [-0.1, -0.05) is 6.07 Å². The Bertz CT molecular complexity index is 645. The van der Waals surface area contributed by atoms with Gasteiger partial charge >= 0.3 is 6.09 Å². The number of halogens is 1. The first kappa shape index (κ1) is 15.7. The Morgan fingerprint density at radius 1 is 1.52 bits per heavy atom. The molecule has 2 fully saturated rings. The van der Waals surface area contributed by atoms with Crippen molar-refractivity contribution in [2.45, 2.75) is 31.3 Å². The Morgan fingerprint density at radius 3 is 2.83 bits per heavy atom. The van der Waals surface area contributed by atoms with E-state index in [0.717, 1.165) is 12.8 Å². The van der Waals surface area contributed by atoms with Crippen molar-refractivity contribution in [3.05, 3.63) is 29.6 Å². The lowest BCUT2D eigenvalue weighted by Gasteiger charge is -2.17. The van der Waals surface area contributed by atoms with Crippen LogP contribution in [0.25, 0.3) is 0 Å². The van der Waals surface area contributed by atoms with Crippen LogP contribution in [0.15, 0.2) is 18.2 Å². The van der Waals surface area contributed by atoms with Gasteiger partial charge in [0.15, 0.2) is 0 Å². The first-order valence-corrected chi connectivity index (χ1v) is 7.59. The first-order chi connectivity index (χ1) is 10.9. The molecule has 1 heterocycles. The van der Waals surface area contributed by atoms with Gasteiger partial charge in [-0.2, -0.15) is 0 Å². The van der Waals surface area contributed by atoms with Crippen LogP contribution >= 0.6 is 0 Å². The van der Waals surface area contributed by atoms with Gasteiger partial charge < -0.3 is 15.2 Å². The predicted octanol–water partition coefficient (Wildman–Crippen LogP) is 1.31. The van der Waals surface area contributed by atoms with E-state index in [1.54, 1.807) is 12.1 Å². The monoisotopic (exact) mass is 322 g/mol. The number of aliphatic hydroxyl groups excluding tert-OH is 1. The van der Waals surface area contributed by atoms with Crippen LogP contribution in [0, 0.1) is 5.82 Å². The zero-order chi connectivity index (χ0) is 16.6. The molecule has 1 atom stereocenters. The lowest BCUT2D eigenvalue weighted by Crippen LogP contribution is -2.33. The molecule has 0 spiro atoms. The Labute approximate surface area is 133 Å². The summed E-state index contributed by atoms with van der Waals surface area (Å²) in [4.78, 5) is 24.2. The number of anilines is 1. The first-order valence-electron chi connectivity index (χ1n) is 7.59. The summed E-state index contributed by atoms with van der Waals surface area (Å²) in [5.41, 5.74) is 0.448. The van der Waals surface area contributed by atoms with E-state index in [1.165, 1.54) is 17.9 Å². The molecule has 0 aromatic heterocycles. The summed E-state index contributed by atoms with van der Waals surface area (Å²) in [5, 5.41) is 12.0. The average Bonchev–Trinajstić information content (AvgIpc) is 3.22. The summed E-state index contributed by atoms with van der Waals surface area (Å²) in [6, 6.07) is 4.59. The molecule has 3 rings (SSSR count). The van der Waals surface area contributed by atoms with Crippen molar-refractivity contribution in [2.24, 2.45) is 0 Å². The molecule has 2 amide bonds. The molecule has 1 aromatic rings. The summed E-state index contributed by atoms with van der Waals surface area (Å²) in [7, 11) is 0. The smallest absolute Gasteiger partial charge is 0.414 e. The fraction of sp³-hybridized carbons (Fsp3) is 0.500. The van der Waals surface area contributed by atoms with Gasteiger partial charge in [0, 0.05) is 12.3 Å². The van der Waals surface area contributed by atoms with E-state index < -0.39 is 23.4 Å². The highest BCUT2D eigenvalue weighted by Gasteiger charge is 2.45. The molecule has 1 aliphatic heterocycles. The highest BCUT2D eigenvalue weighted by Crippen LogP contribution is 2.49. The number of carbonyl (C=O) groups is 2. The van der Waals surface area contributed by atoms with Crippen LogP contribution in [0.4, 0.5) is 14.9 Å². The van der Waals surface area contributed by atoms with E-state index in [1.807, 2.05) is 0 Å². The maximum atomic E-state index is 14.4. The number of carbonyl (C=O) groups excluding carboxylic acids is 2. The Morgan fingerprint density at radius 2 is 2.26 bits per heavy atom. The van der Waals surface area contributed by atoms with Crippen molar-refractivity contribution in [3.63, 3.8) is 0 Å². The lowest BCUT2D eigenvalue weighted by atomic mass is 9.96. The molecule has 7 heteroatoms. The number of nitrogens with one attached hydrogen (secondary N) is 1. The van der Waals surface area contributed by atoms with E-state index in [-0.39, 0.29) is 25.6 Å². The maximum absolute atomic E-state index is 14.4. The normalized spacial score (nSPS) is 22.0. The third kappa shape index (κ3) is 3.01. The van der Waals surface area contributed by atoms with Crippen molar-refractivity contribution in [1.82, 2.24) is 5.32 Å². The number of cyclic esters (lactones) is 1. The SMILES string of the molecule is CC(=O)NCC1CN(c2ccc(C3(CO)CC3)c(F)c2)C(=O)O1. The molecule has 1 saturated heterocycles. The Hall–Kier alpha value is -2.15. The van der Waals surface area contributed by atoms with Crippen molar-refractivity contribution in [2.75, 3.05) is 24.6 Å². The van der Waals surface area contributed by atoms with E-state index in [4.69, 9.17) is 4.74 Å². The third-order valence-electron chi connectivity index (χ3n) is 4.44. The molecule has 6 nitrogen and oxygen atoms in total. The molecule has 1 saturated carbocycles. The number of hydrogen-bond acceptors (Lipinski definition) is 4. The maximum Gasteiger partial charge on any atom is 0.414 e. The zero-order valence-corrected chi connectivity index (χ0v) is 12.8. The highest BCUT2D eigenvalue weighted by atomic mass is 19.1. The second-order valence-electron chi connectivity index (χ2n) is 6.16. The summed E-state index contributed by atoms with van der Waals surface area (Å²) in [6.07, 6.45) is 0.520. The molecular weight excluding hydrogens is 303 g/mol. The predicted molar refractivity (Wildman–Crippen MR) is 80.7 cm³/mol. The number of aliphatic hydroxyl groups is 1. The third-order valence-corrected chi connectivity index (χ3v) is 4.44. The second kappa shape index (κ2) is 5.81. The second-order valence-corrected chi connectivity index (χ2v) is 6.16. The molecule has 1 unspecified atom stereocenters. The molecule has 0 bridgehead atoms. The number of ether oxygens (including phenoxy) is 1. The summed E-state index contributed by atoms with van der Waals surface area (Å²) >= 11 is 0. The molecule has 2 aliphatic rings. The number of nitrogens with zero attached hydrogens (tertiary/aromatic N) is 1. The Kier molecular flexibility index (Phi) is 3.97. The van der Waals surface area contributed by atoms with Crippen molar-refractivity contribution < 1.29 is 23.8 Å². The standard InChI is InChI=1S/C16H19FN2O4/c1-10(21)18-7-12-8-19(15(22)23-12)11-2-3-13(14(17)6-11)16(9-20)4-5-16/h2-3,6,12,20H,4-5,7-9H2,1H3,(H,18,21). The fourth-order valence-electron chi connectivity index (χ4n) is 2.86. The largest absolute Gasteiger partial charge is 0.442 e. The van der Waals surface area contributed by atoms with Gasteiger partial charge in [0.1, 0.15) is 11.9 Å². The molecule has 124 valence electrons. The van der Waals surface area contributed by atoms with Crippen LogP contribution in [-0.2, 0) is 14.9 Å². The van der Waals surface area contributed by atoms with Crippen LogP contribution in [0.3, 0.4) is 0 Å². The zero-order valence-electron chi connectivity index (χ0n) is 12.8. The summed E-state index contributed by atoms with van der Waals surface area (Å²) < 4.78 is 19.5. The van der Waals surface area contributed by atoms with Crippen molar-refractivity contribution in [3.8, 4) is 0 Å². The van der Waals surface area contributed by atoms with Gasteiger partial charge in [-0.05, 0) is 30.5 Å². The average molecular weight is 322 g/mol. The van der Waals surface area contributed by atoms with Crippen LogP contribution in [0.1, 0.15) is 25.3 Å². The van der Waals surface area contributed by atoms with Crippen molar-refractivity contribution in [1.29, 1.82) is 0 Å². The molecular formula is C16H19FN2O4. The van der Waals surface area contributed by atoms with Gasteiger partial charge in [0.05, 0.1) is 25.4 Å². The van der Waals surface area contributed by atoms with Gasteiger partial charge in [0.2, 0.25) is 5.91 Å². The molecule has 0 radical (unpaired) electrons. The number of benzene rings is 1. The quantitative estimate of drug-likeness (QED) is 0.857. The lowest BCUT2D eigenvalue weighted by molar-refractivity contribution is -0.119.